The van der Waals surface area contributed by atoms with Crippen LogP contribution in [-0.4, -0.2) is 29.8 Å². The van der Waals surface area contributed by atoms with E-state index < -0.39 is 17.6 Å². The molecule has 35 heavy (non-hydrogen) atoms. The SMILES string of the molecule is C[C@]1(/C=C/c2ccc(-c3cccc(F)c3)cn2)[C@@H](OC(N)=O)CC[C@@]2(C)[C@@H]3C(=O)OC[C@H]3CC[C@H]12. The zero-order valence-corrected chi connectivity index (χ0v) is 20.1. The molecule has 1 saturated heterocycles. The lowest BCUT2D eigenvalue weighted by atomic mass is 9.45. The molecule has 3 fully saturated rings. The number of esters is 1. The molecular weight excluding hydrogens is 447 g/mol. The summed E-state index contributed by atoms with van der Waals surface area (Å²) in [5.74, 6) is -0.156. The van der Waals surface area contributed by atoms with Crippen molar-refractivity contribution in [2.45, 2.75) is 45.6 Å². The Morgan fingerprint density at radius 2 is 2.03 bits per heavy atom. The first kappa shape index (κ1) is 23.5. The first-order chi connectivity index (χ1) is 16.7. The molecule has 7 heteroatoms. The van der Waals surface area contributed by atoms with E-state index in [0.717, 1.165) is 36.1 Å². The molecule has 6 atom stereocenters. The molecule has 2 heterocycles. The van der Waals surface area contributed by atoms with Gasteiger partial charge in [-0.25, -0.2) is 9.18 Å². The van der Waals surface area contributed by atoms with Crippen molar-refractivity contribution in [3.05, 3.63) is 60.2 Å². The molecule has 1 aliphatic heterocycles. The van der Waals surface area contributed by atoms with Crippen LogP contribution in [0, 0.1) is 34.4 Å². The van der Waals surface area contributed by atoms with Crippen LogP contribution in [0.3, 0.4) is 0 Å². The molecule has 5 rings (SSSR count). The van der Waals surface area contributed by atoms with Gasteiger partial charge in [0.2, 0.25) is 0 Å². The normalized spacial score (nSPS) is 34.2. The number of benzene rings is 1. The van der Waals surface area contributed by atoms with Crippen LogP contribution < -0.4 is 5.73 Å². The number of aromatic nitrogens is 1. The maximum Gasteiger partial charge on any atom is 0.404 e. The fraction of sp³-hybridized carbons (Fsp3) is 0.464. The number of nitrogens with zero attached hydrogens (tertiary/aromatic N) is 1. The molecule has 0 bridgehead atoms. The quantitative estimate of drug-likeness (QED) is 0.597. The number of primary amides is 1. The van der Waals surface area contributed by atoms with Crippen LogP contribution in [0.2, 0.25) is 0 Å². The topological polar surface area (TPSA) is 91.5 Å². The largest absolute Gasteiger partial charge is 0.465 e. The average molecular weight is 479 g/mol. The molecule has 184 valence electrons. The Bertz CT molecular complexity index is 1170. The predicted molar refractivity (Wildman–Crippen MR) is 129 cm³/mol. The minimum absolute atomic E-state index is 0.0996. The Balaban J connectivity index is 1.46. The predicted octanol–water partition coefficient (Wildman–Crippen LogP) is 5.37. The summed E-state index contributed by atoms with van der Waals surface area (Å²) >= 11 is 0. The number of fused-ring (bicyclic) bond motifs is 3. The second-order valence-corrected chi connectivity index (χ2v) is 10.6. The van der Waals surface area contributed by atoms with Gasteiger partial charge in [-0.15, -0.1) is 0 Å². The maximum absolute atomic E-state index is 13.6. The molecule has 6 nitrogen and oxygen atoms in total. The number of ether oxygens (including phenoxy) is 2. The molecule has 2 aliphatic carbocycles. The lowest BCUT2D eigenvalue weighted by Gasteiger charge is -2.58. The summed E-state index contributed by atoms with van der Waals surface area (Å²) in [6.07, 6.45) is 7.78. The molecule has 1 amide bonds. The molecule has 2 aromatic rings. The van der Waals surface area contributed by atoms with Gasteiger partial charge in [0.1, 0.15) is 11.9 Å². The minimum Gasteiger partial charge on any atom is -0.465 e. The van der Waals surface area contributed by atoms with Crippen LogP contribution in [0.25, 0.3) is 17.2 Å². The van der Waals surface area contributed by atoms with Crippen LogP contribution in [0.15, 0.2) is 48.7 Å². The minimum atomic E-state index is -0.787. The monoisotopic (exact) mass is 478 g/mol. The van der Waals surface area contributed by atoms with Crippen molar-refractivity contribution in [1.29, 1.82) is 0 Å². The van der Waals surface area contributed by atoms with E-state index >= 15 is 0 Å². The van der Waals surface area contributed by atoms with Crippen molar-refractivity contribution in [2.75, 3.05) is 6.61 Å². The Morgan fingerprint density at radius 1 is 1.20 bits per heavy atom. The molecule has 2 saturated carbocycles. The van der Waals surface area contributed by atoms with Crippen LogP contribution in [-0.2, 0) is 14.3 Å². The number of carbonyl (C=O) groups is 2. The Hall–Kier alpha value is -3.22. The standard InChI is InChI=1S/C28H31FN2O4/c1-27(12-10-21-8-6-18(15-31-21)17-4-3-5-20(29)14-17)22-9-7-19-16-34-25(32)24(19)28(22,2)13-11-23(27)35-26(30)33/h3-6,8,10,12,14-15,19,22-24H,7,9,11,13,16H2,1-2H3,(H2,30,33)/b12-10+/t19-,22-,23+,24+,27-,28-/m1/s1. The highest BCUT2D eigenvalue weighted by Gasteiger charge is 2.63. The van der Waals surface area contributed by atoms with Gasteiger partial charge in [-0.3, -0.25) is 9.78 Å². The molecule has 1 aromatic heterocycles. The van der Waals surface area contributed by atoms with E-state index in [0.29, 0.717) is 13.0 Å². The van der Waals surface area contributed by atoms with Gasteiger partial charge in [0, 0.05) is 23.1 Å². The maximum atomic E-state index is 13.6. The van der Waals surface area contributed by atoms with E-state index in [-0.39, 0.29) is 35.0 Å². The first-order valence-electron chi connectivity index (χ1n) is 12.2. The van der Waals surface area contributed by atoms with Crippen molar-refractivity contribution in [1.82, 2.24) is 4.98 Å². The summed E-state index contributed by atoms with van der Waals surface area (Å²) in [6, 6.07) is 10.2. The van der Waals surface area contributed by atoms with Crippen molar-refractivity contribution in [3.63, 3.8) is 0 Å². The van der Waals surface area contributed by atoms with Crippen LogP contribution in [0.5, 0.6) is 0 Å². The number of halogens is 1. The molecule has 2 N–H and O–H groups in total. The number of hydrogen-bond acceptors (Lipinski definition) is 5. The zero-order valence-electron chi connectivity index (χ0n) is 20.1. The second kappa shape index (κ2) is 8.77. The third-order valence-electron chi connectivity index (χ3n) is 8.70. The number of hydrogen-bond donors (Lipinski definition) is 1. The fourth-order valence-electron chi connectivity index (χ4n) is 7.04. The van der Waals surface area contributed by atoms with E-state index in [4.69, 9.17) is 15.2 Å². The molecule has 1 aromatic carbocycles. The van der Waals surface area contributed by atoms with Crippen LogP contribution in [0.4, 0.5) is 9.18 Å². The number of nitrogens with two attached hydrogens (primary N) is 1. The van der Waals surface area contributed by atoms with E-state index in [1.807, 2.05) is 24.3 Å². The molecule has 0 unspecified atom stereocenters. The van der Waals surface area contributed by atoms with Gasteiger partial charge in [0.25, 0.3) is 0 Å². The summed E-state index contributed by atoms with van der Waals surface area (Å²) < 4.78 is 24.7. The van der Waals surface area contributed by atoms with Crippen LogP contribution >= 0.6 is 0 Å². The molecular formula is C28H31FN2O4. The lowest BCUT2D eigenvalue weighted by molar-refractivity contribution is -0.159. The van der Waals surface area contributed by atoms with Gasteiger partial charge in [-0.05, 0) is 66.9 Å². The highest BCUT2D eigenvalue weighted by atomic mass is 19.1. The zero-order chi connectivity index (χ0) is 24.8. The number of pyridine rings is 1. The van der Waals surface area contributed by atoms with Gasteiger partial charge in [-0.1, -0.05) is 38.1 Å². The van der Waals surface area contributed by atoms with Gasteiger partial charge < -0.3 is 15.2 Å². The first-order valence-corrected chi connectivity index (χ1v) is 12.2. The van der Waals surface area contributed by atoms with Crippen molar-refractivity contribution >= 4 is 18.1 Å². The van der Waals surface area contributed by atoms with Gasteiger partial charge in [0.05, 0.1) is 18.2 Å². The number of rotatable bonds is 4. The Kier molecular flexibility index (Phi) is 5.90. The lowest BCUT2D eigenvalue weighted by Crippen LogP contribution is -2.58. The third-order valence-corrected chi connectivity index (χ3v) is 8.70. The van der Waals surface area contributed by atoms with E-state index in [1.165, 1.54) is 12.1 Å². The summed E-state index contributed by atoms with van der Waals surface area (Å²) in [7, 11) is 0. The van der Waals surface area contributed by atoms with Crippen LogP contribution in [0.1, 0.15) is 45.2 Å². The number of amides is 1. The molecule has 3 aliphatic rings. The number of cyclic esters (lactones) is 1. The van der Waals surface area contributed by atoms with Gasteiger partial charge >= 0.3 is 12.1 Å². The van der Waals surface area contributed by atoms with Gasteiger partial charge in [-0.2, -0.15) is 0 Å². The van der Waals surface area contributed by atoms with Crippen molar-refractivity contribution < 1.29 is 23.5 Å². The van der Waals surface area contributed by atoms with Crippen molar-refractivity contribution in [2.24, 2.45) is 34.3 Å². The second-order valence-electron chi connectivity index (χ2n) is 10.6. The highest BCUT2D eigenvalue weighted by Crippen LogP contribution is 2.63. The average Bonchev–Trinajstić information content (AvgIpc) is 3.22. The number of carbonyl (C=O) groups excluding carboxylic acids is 2. The highest BCUT2D eigenvalue weighted by molar-refractivity contribution is 5.76. The summed E-state index contributed by atoms with van der Waals surface area (Å²) in [6.45, 7) is 4.79. The summed E-state index contributed by atoms with van der Waals surface area (Å²) in [5, 5.41) is 0. The van der Waals surface area contributed by atoms with Crippen molar-refractivity contribution in [3.8, 4) is 11.1 Å². The van der Waals surface area contributed by atoms with E-state index in [9.17, 15) is 14.0 Å². The van der Waals surface area contributed by atoms with Gasteiger partial charge in [0.15, 0.2) is 0 Å². The Labute approximate surface area is 204 Å². The van der Waals surface area contributed by atoms with E-state index in [1.54, 1.807) is 12.3 Å². The Morgan fingerprint density at radius 3 is 2.74 bits per heavy atom. The molecule has 0 spiro atoms. The van der Waals surface area contributed by atoms with E-state index in [2.05, 4.69) is 24.9 Å². The fourth-order valence-corrected chi connectivity index (χ4v) is 7.04. The summed E-state index contributed by atoms with van der Waals surface area (Å²) in [5.41, 5.74) is 7.00. The summed E-state index contributed by atoms with van der Waals surface area (Å²) in [4.78, 5) is 29.0. The smallest absolute Gasteiger partial charge is 0.404 e. The third kappa shape index (κ3) is 4.11. The molecule has 0 radical (unpaired) electrons.